The summed E-state index contributed by atoms with van der Waals surface area (Å²) >= 11 is 0. The van der Waals surface area contributed by atoms with Crippen LogP contribution in [0.25, 0.3) is 0 Å². The van der Waals surface area contributed by atoms with Crippen LogP contribution in [-0.4, -0.2) is 36.3 Å². The molecule has 0 aliphatic rings. The monoisotopic (exact) mass is 520 g/mol. The second-order valence-electron chi connectivity index (χ2n) is 8.89. The van der Waals surface area contributed by atoms with Crippen LogP contribution in [0.4, 0.5) is 0 Å². The van der Waals surface area contributed by atoms with Crippen molar-refractivity contribution >= 4 is 29.7 Å². The van der Waals surface area contributed by atoms with E-state index in [0.717, 1.165) is 25.7 Å². The van der Waals surface area contributed by atoms with Gasteiger partial charge in [-0.05, 0) is 56.6 Å². The molecule has 0 saturated carbocycles. The standard InChI is InChI=1S/C28H40O9/c1-20(10-8-12-26(17-35-23(4)30)13-14-34-22(3)29)9-7-11-21(2)15-28(33)16-27(18-36-24(5)31)19-37-25(6)32/h10,13-14,17-18,21H,7-9,11-12,15-16,19H2,1-6H3/b14-13+,20-10+,26-17+,27-18-/t21-/m1/s1. The van der Waals surface area contributed by atoms with Crippen LogP contribution in [0.2, 0.25) is 0 Å². The summed E-state index contributed by atoms with van der Waals surface area (Å²) in [5.74, 6) is -1.70. The summed E-state index contributed by atoms with van der Waals surface area (Å²) < 4.78 is 19.5. The van der Waals surface area contributed by atoms with E-state index in [9.17, 15) is 24.0 Å². The first-order valence-electron chi connectivity index (χ1n) is 12.2. The molecule has 206 valence electrons. The Kier molecular flexibility index (Phi) is 17.8. The van der Waals surface area contributed by atoms with E-state index in [1.54, 1.807) is 6.08 Å². The van der Waals surface area contributed by atoms with Crippen LogP contribution >= 0.6 is 0 Å². The molecule has 0 rings (SSSR count). The van der Waals surface area contributed by atoms with Gasteiger partial charge in [0.2, 0.25) is 0 Å². The van der Waals surface area contributed by atoms with Gasteiger partial charge in [-0.15, -0.1) is 0 Å². The van der Waals surface area contributed by atoms with E-state index in [-0.39, 0.29) is 24.7 Å². The topological polar surface area (TPSA) is 122 Å². The maximum atomic E-state index is 12.5. The molecule has 9 nitrogen and oxygen atoms in total. The van der Waals surface area contributed by atoms with Gasteiger partial charge in [0.05, 0.1) is 18.8 Å². The molecule has 0 aliphatic heterocycles. The number of rotatable bonds is 17. The van der Waals surface area contributed by atoms with Gasteiger partial charge in [-0.25, -0.2) is 0 Å². The van der Waals surface area contributed by atoms with Gasteiger partial charge in [0.25, 0.3) is 0 Å². The second-order valence-corrected chi connectivity index (χ2v) is 8.89. The van der Waals surface area contributed by atoms with Crippen LogP contribution in [0.1, 0.15) is 86.5 Å². The normalized spacial score (nSPS) is 13.2. The molecule has 0 spiro atoms. The Morgan fingerprint density at radius 3 is 2.00 bits per heavy atom. The molecule has 9 heteroatoms. The average Bonchev–Trinajstić information content (AvgIpc) is 2.78. The molecular formula is C28H40O9. The lowest BCUT2D eigenvalue weighted by atomic mass is 9.94. The number of allylic oxidation sites excluding steroid dienone is 4. The number of ether oxygens (including phenoxy) is 4. The first-order chi connectivity index (χ1) is 17.4. The molecule has 0 saturated heterocycles. The zero-order valence-electron chi connectivity index (χ0n) is 22.8. The van der Waals surface area contributed by atoms with E-state index >= 15 is 0 Å². The van der Waals surface area contributed by atoms with Crippen molar-refractivity contribution in [2.45, 2.75) is 86.5 Å². The molecule has 1 atom stereocenters. The Labute approximate surface area is 219 Å². The predicted octanol–water partition coefficient (Wildman–Crippen LogP) is 5.40. The van der Waals surface area contributed by atoms with Gasteiger partial charge >= 0.3 is 23.9 Å². The molecule has 0 N–H and O–H groups in total. The molecule has 0 aliphatic carbocycles. The van der Waals surface area contributed by atoms with Crippen LogP contribution < -0.4 is 0 Å². The number of hydrogen-bond acceptors (Lipinski definition) is 9. The van der Waals surface area contributed by atoms with Crippen molar-refractivity contribution in [2.75, 3.05) is 6.61 Å². The molecule has 0 aromatic heterocycles. The molecule has 0 aromatic rings. The van der Waals surface area contributed by atoms with Crippen molar-refractivity contribution in [3.63, 3.8) is 0 Å². The van der Waals surface area contributed by atoms with Gasteiger partial charge < -0.3 is 18.9 Å². The zero-order chi connectivity index (χ0) is 28.2. The predicted molar refractivity (Wildman–Crippen MR) is 137 cm³/mol. The minimum Gasteiger partial charge on any atom is -0.461 e. The maximum Gasteiger partial charge on any atom is 0.307 e. The SMILES string of the molecule is CC(=O)O/C=C(\COC(C)=O)CC(=O)C[C@H](C)CCC/C(C)=C/CCC(/C=C/OC(C)=O)=C\OC(C)=O. The van der Waals surface area contributed by atoms with Crippen molar-refractivity contribution in [3.8, 4) is 0 Å². The fourth-order valence-corrected chi connectivity index (χ4v) is 3.18. The number of ketones is 1. The molecule has 0 bridgehead atoms. The van der Waals surface area contributed by atoms with Gasteiger partial charge in [-0.2, -0.15) is 0 Å². The Morgan fingerprint density at radius 1 is 0.784 bits per heavy atom. The minimum absolute atomic E-state index is 0.0146. The number of carbonyl (C=O) groups is 5. The van der Waals surface area contributed by atoms with Crippen LogP contribution in [0, 0.1) is 5.92 Å². The lowest BCUT2D eigenvalue weighted by molar-refractivity contribution is -0.140. The highest BCUT2D eigenvalue weighted by Crippen LogP contribution is 2.19. The molecule has 0 amide bonds. The molecule has 0 aromatic carbocycles. The molecular weight excluding hydrogens is 480 g/mol. The summed E-state index contributed by atoms with van der Waals surface area (Å²) in [6.45, 7) is 9.09. The Hall–Kier alpha value is -3.49. The maximum absolute atomic E-state index is 12.5. The van der Waals surface area contributed by atoms with E-state index in [4.69, 9.17) is 18.9 Å². The third kappa shape index (κ3) is 21.5. The number of carbonyl (C=O) groups excluding carboxylic acids is 5. The van der Waals surface area contributed by atoms with Crippen LogP contribution in [-0.2, 0) is 42.9 Å². The largest absolute Gasteiger partial charge is 0.461 e. The second kappa shape index (κ2) is 19.7. The van der Waals surface area contributed by atoms with E-state index in [0.29, 0.717) is 24.0 Å². The van der Waals surface area contributed by atoms with Gasteiger partial charge in [0, 0.05) is 46.1 Å². The Morgan fingerprint density at radius 2 is 1.41 bits per heavy atom. The van der Waals surface area contributed by atoms with Gasteiger partial charge in [-0.1, -0.05) is 18.6 Å². The van der Waals surface area contributed by atoms with Crippen molar-refractivity contribution in [3.05, 3.63) is 47.7 Å². The van der Waals surface area contributed by atoms with Crippen LogP contribution in [0.3, 0.4) is 0 Å². The highest BCUT2D eigenvalue weighted by Gasteiger charge is 2.13. The third-order valence-corrected chi connectivity index (χ3v) is 4.94. The number of esters is 4. The van der Waals surface area contributed by atoms with Crippen molar-refractivity contribution in [1.29, 1.82) is 0 Å². The van der Waals surface area contributed by atoms with Crippen molar-refractivity contribution in [1.82, 2.24) is 0 Å². The van der Waals surface area contributed by atoms with Gasteiger partial charge in [-0.3, -0.25) is 24.0 Å². The third-order valence-electron chi connectivity index (χ3n) is 4.94. The highest BCUT2D eigenvalue weighted by molar-refractivity contribution is 5.81. The summed E-state index contributed by atoms with van der Waals surface area (Å²) in [7, 11) is 0. The van der Waals surface area contributed by atoms with E-state index in [1.807, 2.05) is 13.8 Å². The zero-order valence-corrected chi connectivity index (χ0v) is 22.8. The van der Waals surface area contributed by atoms with E-state index < -0.39 is 23.9 Å². The van der Waals surface area contributed by atoms with Gasteiger partial charge in [0.15, 0.2) is 0 Å². The lowest BCUT2D eigenvalue weighted by Crippen LogP contribution is -2.11. The first-order valence-corrected chi connectivity index (χ1v) is 12.2. The Balaban J connectivity index is 4.60. The average molecular weight is 521 g/mol. The number of hydrogen-bond donors (Lipinski definition) is 0. The molecule has 0 radical (unpaired) electrons. The molecule has 37 heavy (non-hydrogen) atoms. The minimum atomic E-state index is -0.514. The van der Waals surface area contributed by atoms with Crippen LogP contribution in [0.5, 0.6) is 0 Å². The lowest BCUT2D eigenvalue weighted by Gasteiger charge is -2.12. The molecule has 0 fully saturated rings. The van der Waals surface area contributed by atoms with Crippen LogP contribution in [0.15, 0.2) is 47.7 Å². The Bertz CT molecular complexity index is 907. The van der Waals surface area contributed by atoms with E-state index in [1.165, 1.54) is 52.1 Å². The summed E-state index contributed by atoms with van der Waals surface area (Å²) in [5, 5.41) is 0. The number of Topliss-reactive ketones (excluding diaryl/α,β-unsaturated/α-hetero) is 1. The molecule has 0 heterocycles. The van der Waals surface area contributed by atoms with Crippen molar-refractivity contribution < 1.29 is 42.9 Å². The summed E-state index contributed by atoms with van der Waals surface area (Å²) in [6, 6.07) is 0. The molecule has 0 unspecified atom stereocenters. The van der Waals surface area contributed by atoms with Crippen molar-refractivity contribution in [2.24, 2.45) is 5.92 Å². The summed E-state index contributed by atoms with van der Waals surface area (Å²) in [6.07, 6.45) is 11.9. The first kappa shape index (κ1) is 33.5. The van der Waals surface area contributed by atoms with Gasteiger partial charge in [0.1, 0.15) is 12.4 Å². The summed E-state index contributed by atoms with van der Waals surface area (Å²) in [5.41, 5.74) is 2.36. The highest BCUT2D eigenvalue weighted by atomic mass is 16.5. The fourth-order valence-electron chi connectivity index (χ4n) is 3.18. The quantitative estimate of drug-likeness (QED) is 0.0815. The smallest absolute Gasteiger partial charge is 0.307 e. The van der Waals surface area contributed by atoms with E-state index in [2.05, 4.69) is 6.08 Å². The fraction of sp³-hybridized carbons (Fsp3) is 0.536. The summed E-state index contributed by atoms with van der Waals surface area (Å²) in [4.78, 5) is 56.5.